The van der Waals surface area contributed by atoms with E-state index < -0.39 is 11.6 Å². The summed E-state index contributed by atoms with van der Waals surface area (Å²) in [5.74, 6) is 2.53. The molecular weight excluding hydrogens is 422 g/mol. The predicted octanol–water partition coefficient (Wildman–Crippen LogP) is 4.73. The zero-order valence-electron chi connectivity index (χ0n) is 18.2. The number of hydrogen-bond acceptors (Lipinski definition) is 4. The fourth-order valence-corrected chi connectivity index (χ4v) is 5.49. The number of nitrogens with one attached hydrogen (secondary N) is 1. The van der Waals surface area contributed by atoms with E-state index in [1.54, 1.807) is 10.9 Å². The van der Waals surface area contributed by atoms with Crippen molar-refractivity contribution < 1.29 is 13.9 Å². The Morgan fingerprint density at radius 1 is 1.21 bits per heavy atom. The smallest absolute Gasteiger partial charge is 0.175 e. The molecule has 0 amide bonds. The van der Waals surface area contributed by atoms with Crippen LogP contribution in [0.2, 0.25) is 0 Å². The van der Waals surface area contributed by atoms with Crippen LogP contribution in [0.4, 0.5) is 8.78 Å². The van der Waals surface area contributed by atoms with Crippen molar-refractivity contribution in [1.82, 2.24) is 20.1 Å². The second kappa shape index (κ2) is 7.00. The van der Waals surface area contributed by atoms with Crippen LogP contribution in [-0.4, -0.2) is 33.0 Å². The Balaban J connectivity index is 1.63. The lowest BCUT2D eigenvalue weighted by Gasteiger charge is -2.13. The molecular formula is C26H22F2N4O. The van der Waals surface area contributed by atoms with E-state index in [9.17, 15) is 9.50 Å². The van der Waals surface area contributed by atoms with E-state index in [0.29, 0.717) is 39.4 Å². The monoisotopic (exact) mass is 444 g/mol. The molecule has 4 aromatic rings. The summed E-state index contributed by atoms with van der Waals surface area (Å²) in [7, 11) is 0. The van der Waals surface area contributed by atoms with Crippen LogP contribution in [0.15, 0.2) is 30.5 Å². The van der Waals surface area contributed by atoms with Crippen LogP contribution >= 0.6 is 0 Å². The number of fused-ring (bicyclic) bond motifs is 3. The van der Waals surface area contributed by atoms with Crippen molar-refractivity contribution in [2.75, 3.05) is 13.1 Å². The third-order valence-corrected chi connectivity index (χ3v) is 7.06. The Kier molecular flexibility index (Phi) is 4.27. The highest BCUT2D eigenvalue weighted by Crippen LogP contribution is 2.57. The lowest BCUT2D eigenvalue weighted by molar-refractivity contribution is 0.476. The van der Waals surface area contributed by atoms with Gasteiger partial charge in [-0.05, 0) is 62.4 Å². The summed E-state index contributed by atoms with van der Waals surface area (Å²) in [4.78, 5) is 4.46. The number of aromatic nitrogens is 3. The van der Waals surface area contributed by atoms with Gasteiger partial charge < -0.3 is 10.4 Å². The molecule has 33 heavy (non-hydrogen) atoms. The Labute approximate surface area is 189 Å². The predicted molar refractivity (Wildman–Crippen MR) is 123 cm³/mol. The van der Waals surface area contributed by atoms with Crippen molar-refractivity contribution in [2.24, 2.45) is 11.8 Å². The molecule has 0 bridgehead atoms. The van der Waals surface area contributed by atoms with Crippen molar-refractivity contribution in [3.63, 3.8) is 0 Å². The second-order valence-corrected chi connectivity index (χ2v) is 9.28. The van der Waals surface area contributed by atoms with Crippen molar-refractivity contribution in [2.45, 2.75) is 25.8 Å². The fraction of sp³-hybridized carbons (Fsp3) is 0.308. The summed E-state index contributed by atoms with van der Waals surface area (Å²) in [6, 6.07) is 5.55. The van der Waals surface area contributed by atoms with Gasteiger partial charge in [-0.25, -0.2) is 8.78 Å². The zero-order chi connectivity index (χ0) is 23.0. The third-order valence-electron chi connectivity index (χ3n) is 7.06. The highest BCUT2D eigenvalue weighted by atomic mass is 19.1. The minimum atomic E-state index is -0.582. The van der Waals surface area contributed by atoms with E-state index in [0.717, 1.165) is 18.8 Å². The number of pyridine rings is 1. The molecule has 2 unspecified atom stereocenters. The van der Waals surface area contributed by atoms with Gasteiger partial charge in [-0.2, -0.15) is 5.10 Å². The summed E-state index contributed by atoms with van der Waals surface area (Å²) < 4.78 is 32.4. The fourth-order valence-electron chi connectivity index (χ4n) is 5.49. The number of phenols is 1. The van der Waals surface area contributed by atoms with Gasteiger partial charge in [0.2, 0.25) is 0 Å². The topological polar surface area (TPSA) is 63.0 Å². The first-order valence-corrected chi connectivity index (χ1v) is 11.1. The molecule has 0 spiro atoms. The average molecular weight is 444 g/mol. The first-order chi connectivity index (χ1) is 15.9. The molecule has 2 aromatic heterocycles. The lowest BCUT2D eigenvalue weighted by Crippen LogP contribution is -2.14. The van der Waals surface area contributed by atoms with E-state index in [4.69, 9.17) is 11.5 Å². The maximum Gasteiger partial charge on any atom is 0.175 e. The summed E-state index contributed by atoms with van der Waals surface area (Å²) >= 11 is 0. The van der Waals surface area contributed by atoms with Crippen LogP contribution in [0.1, 0.15) is 37.1 Å². The zero-order valence-corrected chi connectivity index (χ0v) is 18.2. The summed E-state index contributed by atoms with van der Waals surface area (Å²) in [5.41, 5.74) is 1.54. The van der Waals surface area contributed by atoms with Crippen LogP contribution in [0.3, 0.4) is 0 Å². The van der Waals surface area contributed by atoms with Gasteiger partial charge in [0.25, 0.3) is 0 Å². The number of halogens is 2. The van der Waals surface area contributed by atoms with Gasteiger partial charge in [0.05, 0.1) is 11.3 Å². The average Bonchev–Trinajstić information content (AvgIpc) is 3.13. The first kappa shape index (κ1) is 20.1. The summed E-state index contributed by atoms with van der Waals surface area (Å²) in [6.45, 7) is 5.82. The normalized spacial score (nSPS) is 21.6. The van der Waals surface area contributed by atoms with E-state index in [-0.39, 0.29) is 28.6 Å². The Bertz CT molecular complexity index is 1490. The summed E-state index contributed by atoms with van der Waals surface area (Å²) in [6.07, 6.45) is 7.25. The van der Waals surface area contributed by atoms with Crippen molar-refractivity contribution >= 4 is 21.7 Å². The lowest BCUT2D eigenvalue weighted by atomic mass is 9.95. The molecule has 1 aliphatic heterocycles. The van der Waals surface area contributed by atoms with Gasteiger partial charge in [0, 0.05) is 34.5 Å². The number of rotatable bonds is 3. The van der Waals surface area contributed by atoms with Gasteiger partial charge in [-0.3, -0.25) is 9.67 Å². The number of aromatic hydroxyl groups is 1. The van der Waals surface area contributed by atoms with Gasteiger partial charge in [0.1, 0.15) is 22.8 Å². The maximum absolute atomic E-state index is 16.2. The first-order valence-electron chi connectivity index (χ1n) is 11.1. The molecule has 2 aromatic carbocycles. The molecule has 5 nitrogen and oxygen atoms in total. The van der Waals surface area contributed by atoms with Crippen LogP contribution in [0.5, 0.6) is 5.75 Å². The molecule has 2 fully saturated rings. The van der Waals surface area contributed by atoms with Gasteiger partial charge in [0.15, 0.2) is 5.82 Å². The molecule has 7 heteroatoms. The number of piperidine rings is 1. The Morgan fingerprint density at radius 3 is 2.67 bits per heavy atom. The van der Waals surface area contributed by atoms with Crippen LogP contribution in [0, 0.1) is 35.8 Å². The van der Waals surface area contributed by atoms with Crippen molar-refractivity contribution in [3.05, 3.63) is 53.4 Å². The van der Waals surface area contributed by atoms with Gasteiger partial charge in [-0.15, -0.1) is 6.42 Å². The number of hydrogen-bond donors (Lipinski definition) is 2. The molecule has 166 valence electrons. The Morgan fingerprint density at radius 2 is 1.97 bits per heavy atom. The van der Waals surface area contributed by atoms with Crippen LogP contribution < -0.4 is 5.32 Å². The van der Waals surface area contributed by atoms with E-state index in [1.165, 1.54) is 24.3 Å². The molecule has 2 aliphatic rings. The van der Waals surface area contributed by atoms with E-state index >= 15 is 4.39 Å². The second-order valence-electron chi connectivity index (χ2n) is 9.28. The minimum Gasteiger partial charge on any atom is -0.508 e. The SMILES string of the molecule is C#Cc1c(F)ccc2cc(O)cc(-c3ncc4c(C5C6CNC[C@@H]65)nn(C(C)C)c4c3F)c12. The minimum absolute atomic E-state index is 0.0107. The van der Waals surface area contributed by atoms with Gasteiger partial charge >= 0.3 is 0 Å². The Hall–Kier alpha value is -3.50. The highest BCUT2D eigenvalue weighted by molar-refractivity contribution is 6.02. The maximum atomic E-state index is 16.2. The highest BCUT2D eigenvalue weighted by Gasteiger charge is 2.55. The summed E-state index contributed by atoms with van der Waals surface area (Å²) in [5, 5.41) is 20.1. The van der Waals surface area contributed by atoms with Gasteiger partial charge in [-0.1, -0.05) is 12.0 Å². The van der Waals surface area contributed by atoms with Crippen molar-refractivity contribution in [1.29, 1.82) is 0 Å². The van der Waals surface area contributed by atoms with Crippen LogP contribution in [-0.2, 0) is 0 Å². The number of nitrogens with zero attached hydrogens (tertiary/aromatic N) is 3. The molecule has 2 N–H and O–H groups in total. The largest absolute Gasteiger partial charge is 0.508 e. The molecule has 1 saturated carbocycles. The van der Waals surface area contributed by atoms with Crippen LogP contribution in [0.25, 0.3) is 32.9 Å². The third kappa shape index (κ3) is 2.80. The number of benzene rings is 2. The molecule has 0 radical (unpaired) electrons. The number of phenolic OH excluding ortho intramolecular Hbond substituents is 1. The van der Waals surface area contributed by atoms with E-state index in [2.05, 4.69) is 16.2 Å². The molecule has 1 aliphatic carbocycles. The van der Waals surface area contributed by atoms with E-state index in [1.807, 2.05) is 13.8 Å². The molecule has 3 atom stereocenters. The molecule has 6 rings (SSSR count). The standard InChI is InChI=1S/C26H22F2N4O/c1-4-15-20(27)6-5-13-7-14(33)8-16(21(13)15)25-23(28)26-19(11-30-25)24(31-32(26)12(2)3)22-17-9-29-10-18(17)22/h1,5-8,11-12,17-18,22,29,33H,9-10H2,2-3H3/t17-,18?,22?/m0/s1. The molecule has 1 saturated heterocycles. The van der Waals surface area contributed by atoms with Crippen molar-refractivity contribution in [3.8, 4) is 29.4 Å². The molecule has 3 heterocycles. The number of terminal acetylenes is 1. The quantitative estimate of drug-likeness (QED) is 0.449.